The lowest BCUT2D eigenvalue weighted by atomic mass is 10.2. The molecule has 1 rings (SSSR count). The van der Waals surface area contributed by atoms with E-state index in [0.29, 0.717) is 0 Å². The number of aromatic carboxylic acids is 1. The van der Waals surface area contributed by atoms with Gasteiger partial charge in [0.15, 0.2) is 0 Å². The molecule has 1 heterocycles. The van der Waals surface area contributed by atoms with Crippen LogP contribution >= 0.6 is 0 Å². The van der Waals surface area contributed by atoms with E-state index < -0.39 is 11.5 Å². The first-order valence-corrected chi connectivity index (χ1v) is 6.22. The molecule has 0 fully saturated rings. The molecule has 0 aliphatic heterocycles. The van der Waals surface area contributed by atoms with Gasteiger partial charge in [0.2, 0.25) is 5.91 Å². The van der Waals surface area contributed by atoms with Crippen LogP contribution in [0.2, 0.25) is 0 Å². The molecule has 0 atom stereocenters. The number of carbonyl (C=O) groups is 2. The highest BCUT2D eigenvalue weighted by molar-refractivity contribution is 5.86. The van der Waals surface area contributed by atoms with Crippen molar-refractivity contribution in [2.24, 2.45) is 0 Å². The lowest BCUT2D eigenvalue weighted by molar-refractivity contribution is -0.122. The van der Waals surface area contributed by atoms with Crippen molar-refractivity contribution in [1.29, 1.82) is 0 Å². The number of amides is 1. The number of pyridine rings is 1. The number of aromatic nitrogens is 1. The minimum atomic E-state index is -1.23. The standard InChI is InChI=1S/C13H18N2O4/c1-3-9(4-2)14-11(16)8-15-10(13(18)19)6-5-7-12(15)17/h5-7,9H,3-4,8H2,1-2H3,(H,14,16)(H,18,19). The zero-order chi connectivity index (χ0) is 14.4. The van der Waals surface area contributed by atoms with Crippen molar-refractivity contribution in [1.82, 2.24) is 9.88 Å². The Morgan fingerprint density at radius 2 is 1.95 bits per heavy atom. The second kappa shape index (κ2) is 6.72. The fraction of sp³-hybridized carbons (Fsp3) is 0.462. The Kier molecular flexibility index (Phi) is 5.29. The molecule has 0 aromatic carbocycles. The molecule has 0 bridgehead atoms. The number of nitrogens with zero attached hydrogens (tertiary/aromatic N) is 1. The van der Waals surface area contributed by atoms with E-state index in [2.05, 4.69) is 5.32 Å². The average molecular weight is 266 g/mol. The normalized spacial score (nSPS) is 10.5. The highest BCUT2D eigenvalue weighted by Crippen LogP contribution is 1.99. The molecule has 0 spiro atoms. The molecule has 0 aliphatic carbocycles. The summed E-state index contributed by atoms with van der Waals surface area (Å²) in [5.41, 5.74) is -0.688. The summed E-state index contributed by atoms with van der Waals surface area (Å²) in [6, 6.07) is 3.94. The van der Waals surface area contributed by atoms with Crippen molar-refractivity contribution in [3.8, 4) is 0 Å². The lowest BCUT2D eigenvalue weighted by Gasteiger charge is -2.16. The Morgan fingerprint density at radius 3 is 2.47 bits per heavy atom. The first-order chi connectivity index (χ1) is 8.99. The van der Waals surface area contributed by atoms with Gasteiger partial charge < -0.3 is 10.4 Å². The molecule has 0 unspecified atom stereocenters. The van der Waals surface area contributed by atoms with Gasteiger partial charge in [0.1, 0.15) is 12.2 Å². The Labute approximate surface area is 111 Å². The van der Waals surface area contributed by atoms with Crippen LogP contribution in [-0.4, -0.2) is 27.6 Å². The quantitative estimate of drug-likeness (QED) is 0.799. The fourth-order valence-electron chi connectivity index (χ4n) is 1.78. The first-order valence-electron chi connectivity index (χ1n) is 6.22. The zero-order valence-electron chi connectivity index (χ0n) is 11.0. The molecule has 1 aromatic heterocycles. The summed E-state index contributed by atoms with van der Waals surface area (Å²) in [7, 11) is 0. The summed E-state index contributed by atoms with van der Waals surface area (Å²) < 4.78 is 0.958. The van der Waals surface area contributed by atoms with E-state index in [-0.39, 0.29) is 24.2 Å². The van der Waals surface area contributed by atoms with E-state index in [0.717, 1.165) is 17.4 Å². The molecule has 1 aromatic rings. The van der Waals surface area contributed by atoms with Crippen LogP contribution in [0.25, 0.3) is 0 Å². The summed E-state index contributed by atoms with van der Waals surface area (Å²) in [6.45, 7) is 3.62. The third-order valence-corrected chi connectivity index (χ3v) is 2.92. The fourth-order valence-corrected chi connectivity index (χ4v) is 1.78. The molecule has 1 amide bonds. The van der Waals surface area contributed by atoms with Crippen LogP contribution in [0.3, 0.4) is 0 Å². The molecule has 2 N–H and O–H groups in total. The molecule has 19 heavy (non-hydrogen) atoms. The van der Waals surface area contributed by atoms with Crippen molar-refractivity contribution >= 4 is 11.9 Å². The van der Waals surface area contributed by atoms with Crippen molar-refractivity contribution in [2.75, 3.05) is 0 Å². The number of carboxylic acid groups (broad SMARTS) is 1. The van der Waals surface area contributed by atoms with Gasteiger partial charge in [-0.2, -0.15) is 0 Å². The summed E-state index contributed by atoms with van der Waals surface area (Å²) in [5, 5.41) is 11.8. The molecular formula is C13H18N2O4. The molecular weight excluding hydrogens is 248 g/mol. The average Bonchev–Trinajstić information content (AvgIpc) is 2.38. The van der Waals surface area contributed by atoms with Gasteiger partial charge in [0.05, 0.1) is 0 Å². The predicted octanol–water partition coefficient (Wildman–Crippen LogP) is 0.851. The summed E-state index contributed by atoms with van der Waals surface area (Å²) in [5.74, 6) is -1.59. The maximum absolute atomic E-state index is 11.8. The maximum atomic E-state index is 11.8. The van der Waals surface area contributed by atoms with Crippen LogP contribution in [0.5, 0.6) is 0 Å². The Balaban J connectivity index is 2.90. The highest BCUT2D eigenvalue weighted by atomic mass is 16.4. The number of hydrogen-bond acceptors (Lipinski definition) is 3. The smallest absolute Gasteiger partial charge is 0.352 e. The van der Waals surface area contributed by atoms with Gasteiger partial charge in [-0.1, -0.05) is 19.9 Å². The van der Waals surface area contributed by atoms with Crippen molar-refractivity contribution in [3.05, 3.63) is 34.2 Å². The summed E-state index contributed by atoms with van der Waals surface area (Å²) >= 11 is 0. The second-order valence-electron chi connectivity index (χ2n) is 4.22. The van der Waals surface area contributed by atoms with Crippen LogP contribution in [0.1, 0.15) is 37.2 Å². The number of carbonyl (C=O) groups excluding carboxylic acids is 1. The monoisotopic (exact) mass is 266 g/mol. The van der Waals surface area contributed by atoms with E-state index in [4.69, 9.17) is 5.11 Å². The number of hydrogen-bond donors (Lipinski definition) is 2. The maximum Gasteiger partial charge on any atom is 0.352 e. The summed E-state index contributed by atoms with van der Waals surface area (Å²) in [4.78, 5) is 34.4. The van der Waals surface area contributed by atoms with E-state index in [9.17, 15) is 14.4 Å². The molecule has 6 heteroatoms. The van der Waals surface area contributed by atoms with Gasteiger partial charge in [-0.05, 0) is 18.9 Å². The van der Waals surface area contributed by atoms with Crippen LogP contribution in [0.4, 0.5) is 0 Å². The first kappa shape index (κ1) is 14.9. The largest absolute Gasteiger partial charge is 0.477 e. The van der Waals surface area contributed by atoms with Crippen LogP contribution in [-0.2, 0) is 11.3 Å². The molecule has 0 saturated heterocycles. The van der Waals surface area contributed by atoms with Crippen molar-refractivity contribution in [2.45, 2.75) is 39.3 Å². The molecule has 0 aliphatic rings. The highest BCUT2D eigenvalue weighted by Gasteiger charge is 2.15. The lowest BCUT2D eigenvalue weighted by Crippen LogP contribution is -2.39. The van der Waals surface area contributed by atoms with Gasteiger partial charge in [-0.15, -0.1) is 0 Å². The number of nitrogens with one attached hydrogen (secondary N) is 1. The van der Waals surface area contributed by atoms with Crippen LogP contribution in [0, 0.1) is 0 Å². The zero-order valence-corrected chi connectivity index (χ0v) is 11.0. The topological polar surface area (TPSA) is 88.4 Å². The molecule has 0 radical (unpaired) electrons. The van der Waals surface area contributed by atoms with Gasteiger partial charge in [0.25, 0.3) is 5.56 Å². The number of rotatable bonds is 6. The van der Waals surface area contributed by atoms with Gasteiger partial charge in [-0.3, -0.25) is 14.2 Å². The second-order valence-corrected chi connectivity index (χ2v) is 4.22. The third kappa shape index (κ3) is 3.94. The van der Waals surface area contributed by atoms with E-state index >= 15 is 0 Å². The molecule has 104 valence electrons. The Hall–Kier alpha value is -2.11. The molecule has 0 saturated carbocycles. The Bertz CT molecular complexity index is 518. The molecule has 6 nitrogen and oxygen atoms in total. The van der Waals surface area contributed by atoms with Gasteiger partial charge in [-0.25, -0.2) is 4.79 Å². The number of carboxylic acids is 1. The van der Waals surface area contributed by atoms with Crippen LogP contribution in [0.15, 0.2) is 23.0 Å². The minimum absolute atomic E-state index is 0.0418. The van der Waals surface area contributed by atoms with Crippen molar-refractivity contribution < 1.29 is 14.7 Å². The van der Waals surface area contributed by atoms with E-state index in [1.165, 1.54) is 18.2 Å². The summed E-state index contributed by atoms with van der Waals surface area (Å²) in [6.07, 6.45) is 1.58. The van der Waals surface area contributed by atoms with E-state index in [1.807, 2.05) is 13.8 Å². The van der Waals surface area contributed by atoms with Crippen molar-refractivity contribution in [3.63, 3.8) is 0 Å². The van der Waals surface area contributed by atoms with Gasteiger partial charge >= 0.3 is 5.97 Å². The minimum Gasteiger partial charge on any atom is -0.477 e. The Morgan fingerprint density at radius 1 is 1.32 bits per heavy atom. The third-order valence-electron chi connectivity index (χ3n) is 2.92. The van der Waals surface area contributed by atoms with Crippen LogP contribution < -0.4 is 10.9 Å². The predicted molar refractivity (Wildman–Crippen MR) is 70.2 cm³/mol. The SMILES string of the molecule is CCC(CC)NC(=O)Cn1c(C(=O)O)cccc1=O. The van der Waals surface area contributed by atoms with Gasteiger partial charge in [0, 0.05) is 12.1 Å². The van der Waals surface area contributed by atoms with E-state index in [1.54, 1.807) is 0 Å².